The maximum atomic E-state index is 14.2. The number of aryl methyl sites for hydroxylation is 1. The van der Waals surface area contributed by atoms with Gasteiger partial charge in [-0.25, -0.2) is 4.39 Å². The number of aromatic amines is 1. The number of aromatic nitrogens is 1. The molecule has 1 aromatic heterocycles. The van der Waals surface area contributed by atoms with Crippen LogP contribution in [0.25, 0.3) is 16.5 Å². The smallest absolute Gasteiger partial charge is 0.127 e. The highest BCUT2D eigenvalue weighted by Crippen LogP contribution is 2.24. The third-order valence-corrected chi connectivity index (χ3v) is 5.13. The number of hydrogen-bond donors (Lipinski definition) is 1. The van der Waals surface area contributed by atoms with Crippen LogP contribution in [0, 0.1) is 5.82 Å². The third-order valence-electron chi connectivity index (χ3n) is 5.13. The van der Waals surface area contributed by atoms with Crippen LogP contribution in [-0.2, 0) is 6.42 Å². The molecule has 1 aliphatic heterocycles. The summed E-state index contributed by atoms with van der Waals surface area (Å²) in [5.74, 6) is -0.0861. The second-order valence-corrected chi connectivity index (χ2v) is 6.71. The molecule has 0 unspecified atom stereocenters. The van der Waals surface area contributed by atoms with Gasteiger partial charge in [-0.15, -0.1) is 0 Å². The van der Waals surface area contributed by atoms with Gasteiger partial charge in [0.1, 0.15) is 5.82 Å². The van der Waals surface area contributed by atoms with Crippen LogP contribution in [0.1, 0.15) is 24.0 Å². The molecule has 1 aliphatic rings. The minimum absolute atomic E-state index is 0.0861. The van der Waals surface area contributed by atoms with Crippen LogP contribution in [0.4, 0.5) is 4.39 Å². The highest BCUT2D eigenvalue weighted by Gasteiger charge is 2.13. The number of fused-ring (bicyclic) bond motifs is 1. The number of rotatable bonds is 5. The summed E-state index contributed by atoms with van der Waals surface area (Å²) in [6.45, 7) is 3.08. The van der Waals surface area contributed by atoms with Gasteiger partial charge in [0, 0.05) is 30.2 Å². The Bertz CT molecular complexity index is 879. The van der Waals surface area contributed by atoms with Gasteiger partial charge in [0.2, 0.25) is 0 Å². The second kappa shape index (κ2) is 7.24. The average molecular weight is 334 g/mol. The van der Waals surface area contributed by atoms with E-state index in [1.807, 2.05) is 18.3 Å². The molecule has 0 spiro atoms. The van der Waals surface area contributed by atoms with Crippen molar-refractivity contribution in [3.8, 4) is 0 Å². The lowest BCUT2D eigenvalue weighted by atomic mass is 9.99. The van der Waals surface area contributed by atoms with Gasteiger partial charge in [-0.1, -0.05) is 36.4 Å². The van der Waals surface area contributed by atoms with E-state index in [0.717, 1.165) is 55.4 Å². The van der Waals surface area contributed by atoms with Gasteiger partial charge in [-0.05, 0) is 60.7 Å². The fraction of sp³-hybridized carbons (Fsp3) is 0.273. The molecular weight excluding hydrogens is 311 g/mol. The van der Waals surface area contributed by atoms with Crippen molar-refractivity contribution >= 4 is 16.5 Å². The van der Waals surface area contributed by atoms with Crippen LogP contribution in [-0.4, -0.2) is 29.5 Å². The molecule has 128 valence electrons. The maximum absolute atomic E-state index is 14.2. The number of halogens is 1. The highest BCUT2D eigenvalue weighted by atomic mass is 19.1. The van der Waals surface area contributed by atoms with Crippen LogP contribution in [0.15, 0.2) is 60.8 Å². The van der Waals surface area contributed by atoms with E-state index in [-0.39, 0.29) is 5.82 Å². The van der Waals surface area contributed by atoms with E-state index in [1.54, 1.807) is 6.07 Å². The predicted molar refractivity (Wildman–Crippen MR) is 102 cm³/mol. The van der Waals surface area contributed by atoms with Gasteiger partial charge >= 0.3 is 0 Å². The molecule has 0 radical (unpaired) electrons. The lowest BCUT2D eigenvalue weighted by molar-refractivity contribution is 0.297. The summed E-state index contributed by atoms with van der Waals surface area (Å²) >= 11 is 0. The number of hydrogen-bond acceptors (Lipinski definition) is 1. The summed E-state index contributed by atoms with van der Waals surface area (Å²) in [5.41, 5.74) is 4.64. The van der Waals surface area contributed by atoms with Gasteiger partial charge in [0.15, 0.2) is 0 Å². The van der Waals surface area contributed by atoms with Crippen molar-refractivity contribution in [2.75, 3.05) is 19.6 Å². The molecule has 3 aromatic rings. The Morgan fingerprint density at radius 3 is 2.72 bits per heavy atom. The van der Waals surface area contributed by atoms with Crippen molar-refractivity contribution in [3.05, 3.63) is 77.7 Å². The molecule has 0 saturated carbocycles. The van der Waals surface area contributed by atoms with Crippen LogP contribution < -0.4 is 0 Å². The SMILES string of the molecule is Fc1ccc2[nH]ccc2c1CCCN1CC=C(c2ccccc2)CC1. The van der Waals surface area contributed by atoms with Crippen molar-refractivity contribution < 1.29 is 4.39 Å². The Hall–Kier alpha value is -2.39. The molecule has 0 bridgehead atoms. The summed E-state index contributed by atoms with van der Waals surface area (Å²) in [6, 6.07) is 16.0. The highest BCUT2D eigenvalue weighted by molar-refractivity contribution is 5.83. The molecule has 2 aromatic carbocycles. The van der Waals surface area contributed by atoms with E-state index in [2.05, 4.69) is 46.3 Å². The van der Waals surface area contributed by atoms with E-state index in [1.165, 1.54) is 11.1 Å². The molecular formula is C22H23FN2. The molecule has 4 rings (SSSR count). The van der Waals surface area contributed by atoms with Gasteiger partial charge in [-0.3, -0.25) is 4.90 Å². The van der Waals surface area contributed by atoms with E-state index >= 15 is 0 Å². The molecule has 1 N–H and O–H groups in total. The van der Waals surface area contributed by atoms with Crippen molar-refractivity contribution in [2.24, 2.45) is 0 Å². The Labute approximate surface area is 148 Å². The van der Waals surface area contributed by atoms with E-state index in [9.17, 15) is 4.39 Å². The lowest BCUT2D eigenvalue weighted by Crippen LogP contribution is -2.29. The van der Waals surface area contributed by atoms with Gasteiger partial charge in [0.25, 0.3) is 0 Å². The molecule has 0 amide bonds. The fourth-order valence-corrected chi connectivity index (χ4v) is 3.73. The van der Waals surface area contributed by atoms with Gasteiger partial charge in [-0.2, -0.15) is 0 Å². The first-order valence-electron chi connectivity index (χ1n) is 9.02. The summed E-state index contributed by atoms with van der Waals surface area (Å²) in [4.78, 5) is 5.62. The quantitative estimate of drug-likeness (QED) is 0.693. The topological polar surface area (TPSA) is 19.0 Å². The van der Waals surface area contributed by atoms with Crippen LogP contribution in [0.5, 0.6) is 0 Å². The second-order valence-electron chi connectivity index (χ2n) is 6.71. The molecule has 0 atom stereocenters. The first-order valence-corrected chi connectivity index (χ1v) is 9.02. The van der Waals surface area contributed by atoms with Gasteiger partial charge < -0.3 is 4.98 Å². The first-order chi connectivity index (χ1) is 12.3. The Kier molecular flexibility index (Phi) is 4.66. The number of nitrogens with one attached hydrogen (secondary N) is 1. The summed E-state index contributed by atoms with van der Waals surface area (Å²) in [7, 11) is 0. The molecule has 25 heavy (non-hydrogen) atoms. The van der Waals surface area contributed by atoms with E-state index in [0.29, 0.717) is 0 Å². The Balaban J connectivity index is 1.35. The largest absolute Gasteiger partial charge is 0.361 e. The molecule has 0 fully saturated rings. The number of nitrogens with zero attached hydrogens (tertiary/aromatic N) is 1. The molecule has 2 nitrogen and oxygen atoms in total. The maximum Gasteiger partial charge on any atom is 0.127 e. The minimum atomic E-state index is -0.0861. The van der Waals surface area contributed by atoms with Crippen molar-refractivity contribution in [3.63, 3.8) is 0 Å². The predicted octanol–water partition coefficient (Wildman–Crippen LogP) is 5.03. The number of benzene rings is 2. The van der Waals surface area contributed by atoms with Crippen LogP contribution in [0.3, 0.4) is 0 Å². The molecule has 0 saturated heterocycles. The zero-order valence-electron chi connectivity index (χ0n) is 14.3. The third kappa shape index (κ3) is 3.52. The monoisotopic (exact) mass is 334 g/mol. The van der Waals surface area contributed by atoms with Crippen LogP contribution >= 0.6 is 0 Å². The first kappa shape index (κ1) is 16.1. The minimum Gasteiger partial charge on any atom is -0.361 e. The van der Waals surface area contributed by atoms with Crippen molar-refractivity contribution in [2.45, 2.75) is 19.3 Å². The molecule has 0 aliphatic carbocycles. The standard InChI is InChI=1S/C22H23FN2/c23-21-8-9-22-20(10-13-24-22)19(21)7-4-14-25-15-11-18(12-16-25)17-5-2-1-3-6-17/h1-3,5-6,8-11,13,24H,4,7,12,14-16H2. The normalized spacial score (nSPS) is 15.5. The summed E-state index contributed by atoms with van der Waals surface area (Å²) < 4.78 is 14.2. The fourth-order valence-electron chi connectivity index (χ4n) is 3.73. The molecule has 2 heterocycles. The summed E-state index contributed by atoms with van der Waals surface area (Å²) in [5, 5.41) is 1.02. The van der Waals surface area contributed by atoms with Crippen molar-refractivity contribution in [1.82, 2.24) is 9.88 Å². The number of H-pyrrole nitrogens is 1. The molecule has 3 heteroatoms. The lowest BCUT2D eigenvalue weighted by Gasteiger charge is -2.26. The van der Waals surface area contributed by atoms with E-state index < -0.39 is 0 Å². The average Bonchev–Trinajstić information content (AvgIpc) is 3.14. The summed E-state index contributed by atoms with van der Waals surface area (Å²) in [6.07, 6.45) is 7.08. The van der Waals surface area contributed by atoms with Gasteiger partial charge in [0.05, 0.1) is 0 Å². The van der Waals surface area contributed by atoms with E-state index in [4.69, 9.17) is 0 Å². The van der Waals surface area contributed by atoms with Crippen molar-refractivity contribution in [1.29, 1.82) is 0 Å². The Morgan fingerprint density at radius 2 is 1.92 bits per heavy atom. The zero-order valence-corrected chi connectivity index (χ0v) is 14.3. The zero-order chi connectivity index (χ0) is 17.1. The van der Waals surface area contributed by atoms with Crippen LogP contribution in [0.2, 0.25) is 0 Å². The Morgan fingerprint density at radius 1 is 1.04 bits per heavy atom.